The van der Waals surface area contributed by atoms with Gasteiger partial charge in [0, 0.05) is 17.7 Å². The van der Waals surface area contributed by atoms with E-state index >= 15 is 0 Å². The molecule has 1 aliphatic heterocycles. The van der Waals surface area contributed by atoms with Crippen LogP contribution in [0.25, 0.3) is 0 Å². The molecule has 0 amide bonds. The second-order valence-electron chi connectivity index (χ2n) is 7.14. The van der Waals surface area contributed by atoms with Crippen LogP contribution in [0.3, 0.4) is 0 Å². The molecule has 12 heteroatoms. The van der Waals surface area contributed by atoms with E-state index in [2.05, 4.69) is 10.5 Å². The molecule has 2 rings (SSSR count). The van der Waals surface area contributed by atoms with Crippen molar-refractivity contribution in [3.8, 4) is 0 Å². The molecular weight excluding hydrogens is 428 g/mol. The van der Waals surface area contributed by atoms with Gasteiger partial charge in [0.1, 0.15) is 24.9 Å². The largest absolute Gasteiger partial charge is 0.508 e. The van der Waals surface area contributed by atoms with Gasteiger partial charge in [-0.05, 0) is 19.4 Å². The number of ether oxygens (including phenoxy) is 4. The topological polar surface area (TPSA) is 173 Å². The maximum Gasteiger partial charge on any atom is 0.315 e. The van der Waals surface area contributed by atoms with Crippen molar-refractivity contribution in [1.82, 2.24) is 5.48 Å². The summed E-state index contributed by atoms with van der Waals surface area (Å²) in [5.41, 5.74) is 4.91. The number of rotatable bonds is 14. The average Bonchev–Trinajstić information content (AvgIpc) is 2.79. The molecule has 0 aliphatic carbocycles. The molecule has 32 heavy (non-hydrogen) atoms. The molecule has 1 fully saturated rings. The molecule has 2 heterocycles. The molecular formula is C20H33N2O10+. The van der Waals surface area contributed by atoms with Gasteiger partial charge in [0.05, 0.1) is 26.4 Å². The van der Waals surface area contributed by atoms with Gasteiger partial charge in [-0.1, -0.05) is 0 Å². The SMILES string of the molecule is Cc1c[nH+]cc(CONCCCO[C@H]2OC(CO)[C@@H](O/C(=C\O)OCCO)[C@@H](O)C2O)c1. The molecule has 182 valence electrons. The van der Waals surface area contributed by atoms with Crippen molar-refractivity contribution < 1.29 is 54.3 Å². The van der Waals surface area contributed by atoms with Crippen LogP contribution in [0.1, 0.15) is 17.5 Å². The van der Waals surface area contributed by atoms with Crippen molar-refractivity contribution in [2.24, 2.45) is 0 Å². The number of aliphatic hydroxyl groups excluding tert-OH is 5. The minimum Gasteiger partial charge on any atom is -0.508 e. The monoisotopic (exact) mass is 461 g/mol. The van der Waals surface area contributed by atoms with Crippen molar-refractivity contribution in [3.05, 3.63) is 41.8 Å². The molecule has 1 aromatic heterocycles. The summed E-state index contributed by atoms with van der Waals surface area (Å²) in [6, 6.07) is 2.00. The molecule has 0 bridgehead atoms. The number of aryl methyl sites for hydroxylation is 1. The third-order valence-corrected chi connectivity index (χ3v) is 4.55. The number of pyridine rings is 1. The Kier molecular flexibility index (Phi) is 11.6. The van der Waals surface area contributed by atoms with E-state index in [1.807, 2.05) is 25.4 Å². The minimum absolute atomic E-state index is 0.157. The van der Waals surface area contributed by atoms with Gasteiger partial charge in [0.15, 0.2) is 31.0 Å². The zero-order chi connectivity index (χ0) is 23.3. The molecule has 0 radical (unpaired) electrons. The summed E-state index contributed by atoms with van der Waals surface area (Å²) in [5.74, 6) is -0.397. The van der Waals surface area contributed by atoms with E-state index < -0.39 is 43.3 Å². The van der Waals surface area contributed by atoms with Gasteiger partial charge < -0.3 is 44.5 Å². The maximum atomic E-state index is 10.4. The van der Waals surface area contributed by atoms with E-state index in [1.54, 1.807) is 0 Å². The number of hydrogen-bond donors (Lipinski definition) is 6. The number of hydrogen-bond acceptors (Lipinski definition) is 11. The molecule has 5 atom stereocenters. The number of nitrogens with one attached hydrogen (secondary N) is 2. The molecule has 0 aromatic carbocycles. The lowest BCUT2D eigenvalue weighted by Gasteiger charge is -2.41. The highest BCUT2D eigenvalue weighted by Crippen LogP contribution is 2.26. The third kappa shape index (κ3) is 8.15. The summed E-state index contributed by atoms with van der Waals surface area (Å²) in [5, 5.41) is 48.2. The Morgan fingerprint density at radius 1 is 1.22 bits per heavy atom. The van der Waals surface area contributed by atoms with Crippen LogP contribution in [0.15, 0.2) is 30.7 Å². The number of aliphatic hydroxyl groups is 5. The van der Waals surface area contributed by atoms with Gasteiger partial charge in [-0.2, -0.15) is 0 Å². The molecule has 1 saturated heterocycles. The maximum absolute atomic E-state index is 10.4. The Labute approximate surface area is 185 Å². The second kappa shape index (κ2) is 14.2. The van der Waals surface area contributed by atoms with Gasteiger partial charge in [-0.25, -0.2) is 10.5 Å². The van der Waals surface area contributed by atoms with Crippen LogP contribution in [0.2, 0.25) is 0 Å². The average molecular weight is 461 g/mol. The molecule has 1 aromatic rings. The fourth-order valence-corrected chi connectivity index (χ4v) is 3.01. The van der Waals surface area contributed by atoms with Crippen LogP contribution in [0, 0.1) is 6.92 Å². The van der Waals surface area contributed by atoms with Gasteiger partial charge in [0.25, 0.3) is 0 Å². The first-order valence-corrected chi connectivity index (χ1v) is 10.3. The van der Waals surface area contributed by atoms with Gasteiger partial charge in [-0.3, -0.25) is 4.84 Å². The Bertz CT molecular complexity index is 690. The lowest BCUT2D eigenvalue weighted by atomic mass is 9.99. The first-order chi connectivity index (χ1) is 15.5. The number of hydroxylamine groups is 1. The van der Waals surface area contributed by atoms with E-state index in [-0.39, 0.29) is 19.8 Å². The first-order valence-electron chi connectivity index (χ1n) is 10.3. The highest BCUT2D eigenvalue weighted by Gasteiger charge is 2.46. The van der Waals surface area contributed by atoms with E-state index in [0.717, 1.165) is 11.1 Å². The van der Waals surface area contributed by atoms with Gasteiger partial charge >= 0.3 is 5.95 Å². The lowest BCUT2D eigenvalue weighted by molar-refractivity contribution is -0.379. The Morgan fingerprint density at radius 3 is 2.72 bits per heavy atom. The summed E-state index contributed by atoms with van der Waals surface area (Å²) >= 11 is 0. The number of aromatic amines is 1. The zero-order valence-corrected chi connectivity index (χ0v) is 17.9. The van der Waals surface area contributed by atoms with Crippen LogP contribution in [0.5, 0.6) is 0 Å². The second-order valence-corrected chi connectivity index (χ2v) is 7.14. The Morgan fingerprint density at radius 2 is 2.03 bits per heavy atom. The quantitative estimate of drug-likeness (QED) is 0.107. The summed E-state index contributed by atoms with van der Waals surface area (Å²) in [6.07, 6.45) is -1.69. The van der Waals surface area contributed by atoms with Crippen LogP contribution in [-0.4, -0.2) is 89.2 Å². The highest BCUT2D eigenvalue weighted by atomic mass is 16.7. The predicted molar refractivity (Wildman–Crippen MR) is 107 cm³/mol. The fourth-order valence-electron chi connectivity index (χ4n) is 3.01. The molecule has 7 N–H and O–H groups in total. The molecule has 12 nitrogen and oxygen atoms in total. The van der Waals surface area contributed by atoms with E-state index in [0.29, 0.717) is 25.8 Å². The smallest absolute Gasteiger partial charge is 0.315 e. The van der Waals surface area contributed by atoms with Gasteiger partial charge in [-0.15, -0.1) is 0 Å². The molecule has 0 spiro atoms. The van der Waals surface area contributed by atoms with Crippen molar-refractivity contribution in [2.45, 2.75) is 50.7 Å². The lowest BCUT2D eigenvalue weighted by Crippen LogP contribution is -2.60. The molecule has 1 aliphatic rings. The van der Waals surface area contributed by atoms with E-state index in [9.17, 15) is 15.3 Å². The van der Waals surface area contributed by atoms with Crippen molar-refractivity contribution in [2.75, 3.05) is 33.0 Å². The van der Waals surface area contributed by atoms with Crippen LogP contribution in [0.4, 0.5) is 0 Å². The summed E-state index contributed by atoms with van der Waals surface area (Å²) in [4.78, 5) is 8.40. The molecule has 2 unspecified atom stereocenters. The van der Waals surface area contributed by atoms with E-state index in [4.69, 9.17) is 34.0 Å². The zero-order valence-electron chi connectivity index (χ0n) is 17.9. The molecule has 0 saturated carbocycles. The summed E-state index contributed by atoms with van der Waals surface area (Å²) < 4.78 is 21.2. The van der Waals surface area contributed by atoms with Crippen LogP contribution < -0.4 is 10.5 Å². The highest BCUT2D eigenvalue weighted by molar-refractivity contribution is 5.12. The Balaban J connectivity index is 1.71. The van der Waals surface area contributed by atoms with Crippen molar-refractivity contribution in [3.63, 3.8) is 0 Å². The normalized spacial score (nSPS) is 26.2. The summed E-state index contributed by atoms with van der Waals surface area (Å²) in [6.45, 7) is 2.01. The third-order valence-electron chi connectivity index (χ3n) is 4.55. The van der Waals surface area contributed by atoms with Crippen LogP contribution >= 0.6 is 0 Å². The Hall–Kier alpha value is -2.03. The van der Waals surface area contributed by atoms with Crippen LogP contribution in [-0.2, 0) is 30.4 Å². The van der Waals surface area contributed by atoms with E-state index in [1.165, 1.54) is 0 Å². The number of aromatic nitrogens is 1. The standard InChI is InChI=1S/C20H32N2O10/c1-13-7-14(9-21-8-13)12-30-22-3-2-5-29-20-18(27)17(26)19(15(10-24)31-20)32-16(11-25)28-6-4-23/h7-9,11,15,17-20,22-27H,2-6,10,12H2,1H3/p+1/b16-11-/t15?,17-,18?,19+,20-/m0/s1. The first kappa shape index (κ1) is 26.2. The minimum atomic E-state index is -1.49. The van der Waals surface area contributed by atoms with Crippen molar-refractivity contribution in [1.29, 1.82) is 0 Å². The van der Waals surface area contributed by atoms with Gasteiger partial charge in [0.2, 0.25) is 0 Å². The predicted octanol–water partition coefficient (Wildman–Crippen LogP) is -1.57. The number of H-pyrrole nitrogens is 1. The fraction of sp³-hybridized carbons (Fsp3) is 0.650. The van der Waals surface area contributed by atoms with Crippen molar-refractivity contribution >= 4 is 0 Å². The summed E-state index contributed by atoms with van der Waals surface area (Å²) in [7, 11) is 0.